The number of aromatic nitrogens is 2. The number of nitrogens with zero attached hydrogens (tertiary/aromatic N) is 2. The molecule has 0 saturated heterocycles. The average Bonchev–Trinajstić information content (AvgIpc) is 3.38. The van der Waals surface area contributed by atoms with E-state index >= 15 is 0 Å². The minimum atomic E-state index is -3.77. The zero-order valence-corrected chi connectivity index (χ0v) is 16.6. The Bertz CT molecular complexity index is 1170. The van der Waals surface area contributed by atoms with Crippen molar-refractivity contribution in [1.82, 2.24) is 9.78 Å². The van der Waals surface area contributed by atoms with Crippen molar-refractivity contribution < 1.29 is 13.2 Å². The van der Waals surface area contributed by atoms with Gasteiger partial charge in [-0.3, -0.25) is 4.72 Å². The number of thiophene rings is 1. The van der Waals surface area contributed by atoms with Gasteiger partial charge in [0.2, 0.25) is 0 Å². The average molecular weight is 412 g/mol. The number of hydrogen-bond donors (Lipinski definition) is 1. The third kappa shape index (κ3) is 3.64. The number of nitrogens with one attached hydrogen (secondary N) is 1. The first-order valence-corrected chi connectivity index (χ1v) is 10.8. The van der Waals surface area contributed by atoms with Crippen LogP contribution >= 0.6 is 11.3 Å². The van der Waals surface area contributed by atoms with Crippen LogP contribution in [0.3, 0.4) is 0 Å². The predicted octanol–water partition coefficient (Wildman–Crippen LogP) is 4.41. The summed E-state index contributed by atoms with van der Waals surface area (Å²) >= 11 is 1.50. The van der Waals surface area contributed by atoms with Gasteiger partial charge in [-0.05, 0) is 47.8 Å². The summed E-state index contributed by atoms with van der Waals surface area (Å²) in [7, 11) is -2.24. The zero-order chi connectivity index (χ0) is 19.6. The molecule has 0 spiro atoms. The molecule has 0 fully saturated rings. The van der Waals surface area contributed by atoms with Crippen molar-refractivity contribution in [1.29, 1.82) is 0 Å². The van der Waals surface area contributed by atoms with E-state index in [1.807, 2.05) is 47.8 Å². The number of para-hydroxylation sites is 1. The smallest absolute Gasteiger partial charge is 0.262 e. The number of hydrogen-bond acceptors (Lipinski definition) is 5. The van der Waals surface area contributed by atoms with E-state index < -0.39 is 10.0 Å². The maximum atomic E-state index is 12.9. The van der Waals surface area contributed by atoms with Crippen LogP contribution in [0.5, 0.6) is 5.75 Å². The van der Waals surface area contributed by atoms with E-state index in [1.54, 1.807) is 23.0 Å². The van der Waals surface area contributed by atoms with Gasteiger partial charge in [-0.15, -0.1) is 11.3 Å². The van der Waals surface area contributed by atoms with Crippen molar-refractivity contribution in [3.05, 3.63) is 78.3 Å². The highest BCUT2D eigenvalue weighted by molar-refractivity contribution is 7.92. The minimum absolute atomic E-state index is 0.151. The fraction of sp³-hybridized carbons (Fsp3) is 0.0500. The van der Waals surface area contributed by atoms with Gasteiger partial charge in [0.1, 0.15) is 11.4 Å². The molecule has 2 heterocycles. The molecule has 0 amide bonds. The number of methoxy groups -OCH3 is 1. The van der Waals surface area contributed by atoms with Gasteiger partial charge in [0.05, 0.1) is 34.5 Å². The fourth-order valence-corrected chi connectivity index (χ4v) is 4.49. The summed E-state index contributed by atoms with van der Waals surface area (Å²) < 4.78 is 35.2. The van der Waals surface area contributed by atoms with Gasteiger partial charge in [0.25, 0.3) is 10.0 Å². The van der Waals surface area contributed by atoms with Gasteiger partial charge in [0, 0.05) is 0 Å². The van der Waals surface area contributed by atoms with Crippen LogP contribution in [0.25, 0.3) is 16.3 Å². The molecule has 28 heavy (non-hydrogen) atoms. The molecule has 8 heteroatoms. The Morgan fingerprint density at radius 2 is 1.75 bits per heavy atom. The van der Waals surface area contributed by atoms with E-state index in [2.05, 4.69) is 9.82 Å². The molecule has 2 aromatic carbocycles. The normalized spacial score (nSPS) is 11.3. The van der Waals surface area contributed by atoms with Crippen molar-refractivity contribution in [2.24, 2.45) is 0 Å². The van der Waals surface area contributed by atoms with E-state index in [4.69, 9.17) is 4.74 Å². The molecule has 6 nitrogen and oxygen atoms in total. The Morgan fingerprint density at radius 3 is 2.39 bits per heavy atom. The Labute approximate surface area is 167 Å². The molecule has 0 bridgehead atoms. The lowest BCUT2D eigenvalue weighted by molar-refractivity contribution is 0.414. The first-order chi connectivity index (χ1) is 13.6. The van der Waals surface area contributed by atoms with Crippen LogP contribution in [0.2, 0.25) is 0 Å². The number of benzene rings is 2. The number of ether oxygens (including phenoxy) is 1. The lowest BCUT2D eigenvalue weighted by Gasteiger charge is -2.08. The summed E-state index contributed by atoms with van der Waals surface area (Å²) in [5.74, 6) is 0.593. The standard InChI is InChI=1S/C20H17N3O3S2/c1-26-16-9-11-17(12-10-16)28(24,25)22-18-14-23(15-6-3-2-4-7-15)21-20(18)19-8-5-13-27-19/h2-14,22H,1H3. The quantitative estimate of drug-likeness (QED) is 0.510. The highest BCUT2D eigenvalue weighted by atomic mass is 32.2. The first kappa shape index (κ1) is 18.3. The second kappa shape index (κ2) is 7.49. The number of rotatable bonds is 6. The van der Waals surface area contributed by atoms with Crippen LogP contribution in [0.15, 0.2) is 83.2 Å². The molecule has 0 aliphatic carbocycles. The predicted molar refractivity (Wildman–Crippen MR) is 111 cm³/mol. The Balaban J connectivity index is 1.74. The van der Waals surface area contributed by atoms with Gasteiger partial charge >= 0.3 is 0 Å². The van der Waals surface area contributed by atoms with Gasteiger partial charge in [0.15, 0.2) is 0 Å². The van der Waals surface area contributed by atoms with E-state index in [-0.39, 0.29) is 4.90 Å². The van der Waals surface area contributed by atoms with E-state index in [0.29, 0.717) is 17.1 Å². The molecule has 1 N–H and O–H groups in total. The molecule has 0 saturated carbocycles. The Kier molecular flexibility index (Phi) is 4.89. The van der Waals surface area contributed by atoms with Gasteiger partial charge in [-0.1, -0.05) is 24.3 Å². The number of anilines is 1. The van der Waals surface area contributed by atoms with Crippen molar-refractivity contribution in [3.63, 3.8) is 0 Å². The maximum Gasteiger partial charge on any atom is 0.262 e. The van der Waals surface area contributed by atoms with E-state index in [9.17, 15) is 8.42 Å². The summed E-state index contributed by atoms with van der Waals surface area (Å²) in [6.45, 7) is 0. The van der Waals surface area contributed by atoms with Crippen LogP contribution in [-0.4, -0.2) is 25.3 Å². The van der Waals surface area contributed by atoms with Crippen molar-refractivity contribution in [2.75, 3.05) is 11.8 Å². The van der Waals surface area contributed by atoms with Crippen LogP contribution < -0.4 is 9.46 Å². The highest BCUT2D eigenvalue weighted by Gasteiger charge is 2.20. The summed E-state index contributed by atoms with van der Waals surface area (Å²) in [5, 5.41) is 6.54. The molecular weight excluding hydrogens is 394 g/mol. The van der Waals surface area contributed by atoms with Crippen molar-refractivity contribution in [2.45, 2.75) is 4.90 Å². The monoisotopic (exact) mass is 411 g/mol. The van der Waals surface area contributed by atoms with Crippen molar-refractivity contribution in [3.8, 4) is 22.0 Å². The molecule has 0 aliphatic rings. The molecule has 4 rings (SSSR count). The summed E-state index contributed by atoms with van der Waals surface area (Å²) in [6.07, 6.45) is 1.69. The topological polar surface area (TPSA) is 73.2 Å². The third-order valence-electron chi connectivity index (χ3n) is 4.10. The lowest BCUT2D eigenvalue weighted by atomic mass is 10.3. The zero-order valence-electron chi connectivity index (χ0n) is 14.9. The molecule has 4 aromatic rings. The second-order valence-electron chi connectivity index (χ2n) is 5.93. The first-order valence-electron chi connectivity index (χ1n) is 8.43. The molecule has 0 unspecified atom stereocenters. The molecule has 0 aliphatic heterocycles. The maximum absolute atomic E-state index is 12.9. The van der Waals surface area contributed by atoms with Crippen molar-refractivity contribution >= 4 is 27.0 Å². The minimum Gasteiger partial charge on any atom is -0.497 e. The SMILES string of the molecule is COc1ccc(S(=O)(=O)Nc2cn(-c3ccccc3)nc2-c2cccs2)cc1. The van der Waals surface area contributed by atoms with Gasteiger partial charge in [-0.25, -0.2) is 13.1 Å². The summed E-state index contributed by atoms with van der Waals surface area (Å²) in [4.78, 5) is 1.03. The van der Waals surface area contributed by atoms with E-state index in [0.717, 1.165) is 10.6 Å². The van der Waals surface area contributed by atoms with Crippen LogP contribution in [0.1, 0.15) is 0 Å². The lowest BCUT2D eigenvalue weighted by Crippen LogP contribution is -2.13. The van der Waals surface area contributed by atoms with Gasteiger partial charge in [-0.2, -0.15) is 5.10 Å². The number of sulfonamides is 1. The molecule has 2 aromatic heterocycles. The molecule has 0 radical (unpaired) electrons. The fourth-order valence-electron chi connectivity index (χ4n) is 2.72. The summed E-state index contributed by atoms with van der Waals surface area (Å²) in [5.41, 5.74) is 1.84. The van der Waals surface area contributed by atoms with Crippen LogP contribution in [0.4, 0.5) is 5.69 Å². The highest BCUT2D eigenvalue weighted by Crippen LogP contribution is 2.32. The molecule has 142 valence electrons. The summed E-state index contributed by atoms with van der Waals surface area (Å²) in [6, 6.07) is 19.6. The third-order valence-corrected chi connectivity index (χ3v) is 6.36. The largest absolute Gasteiger partial charge is 0.497 e. The van der Waals surface area contributed by atoms with E-state index in [1.165, 1.54) is 30.6 Å². The molecule has 0 atom stereocenters. The van der Waals surface area contributed by atoms with Crippen LogP contribution in [0, 0.1) is 0 Å². The Morgan fingerprint density at radius 1 is 1.00 bits per heavy atom. The van der Waals surface area contributed by atoms with Crippen LogP contribution in [-0.2, 0) is 10.0 Å². The molecular formula is C20H17N3O3S2. The second-order valence-corrected chi connectivity index (χ2v) is 8.56. The Hall–Kier alpha value is -3.10. The van der Waals surface area contributed by atoms with Gasteiger partial charge < -0.3 is 4.74 Å².